The summed E-state index contributed by atoms with van der Waals surface area (Å²) in [4.78, 5) is 37.2. The van der Waals surface area contributed by atoms with E-state index in [4.69, 9.17) is 34.8 Å². The second-order valence-electron chi connectivity index (χ2n) is 7.43. The van der Waals surface area contributed by atoms with Gasteiger partial charge in [-0.05, 0) is 38.8 Å². The minimum atomic E-state index is -2.17. The first-order valence-corrected chi connectivity index (χ1v) is 9.46. The van der Waals surface area contributed by atoms with Gasteiger partial charge in [-0.15, -0.1) is 0 Å². The highest BCUT2D eigenvalue weighted by Crippen LogP contribution is 2.28. The fourth-order valence-corrected chi connectivity index (χ4v) is 2.33. The van der Waals surface area contributed by atoms with E-state index >= 15 is 0 Å². The first-order valence-electron chi connectivity index (χ1n) is 8.32. The van der Waals surface area contributed by atoms with Crippen molar-refractivity contribution in [3.05, 3.63) is 29.8 Å². The molecule has 0 aromatic heterocycles. The van der Waals surface area contributed by atoms with Gasteiger partial charge in [0, 0.05) is 5.54 Å². The number of benzene rings is 1. The number of amides is 3. The molecule has 0 spiro atoms. The number of para-hydroxylation sites is 1. The summed E-state index contributed by atoms with van der Waals surface area (Å²) >= 11 is 16.7. The number of hydrogen-bond donors (Lipinski definition) is 3. The highest BCUT2D eigenvalue weighted by Gasteiger charge is 2.32. The van der Waals surface area contributed by atoms with Crippen LogP contribution in [0.4, 0.5) is 5.69 Å². The van der Waals surface area contributed by atoms with E-state index in [1.54, 1.807) is 12.1 Å². The zero-order valence-electron chi connectivity index (χ0n) is 15.8. The van der Waals surface area contributed by atoms with Crippen molar-refractivity contribution >= 4 is 58.2 Å². The van der Waals surface area contributed by atoms with E-state index in [-0.39, 0.29) is 23.1 Å². The number of carbonyl (C=O) groups excluding carboxylic acids is 3. The first kappa shape index (κ1) is 23.5. The molecule has 1 rings (SSSR count). The Hall–Kier alpha value is -1.50. The van der Waals surface area contributed by atoms with Crippen LogP contribution in [0.15, 0.2) is 24.3 Å². The number of anilines is 1. The second-order valence-corrected chi connectivity index (χ2v) is 9.71. The summed E-state index contributed by atoms with van der Waals surface area (Å²) in [6.07, 6.45) is 0. The molecule has 3 amide bonds. The van der Waals surface area contributed by atoms with Crippen LogP contribution < -0.4 is 16.0 Å². The number of halogens is 3. The standard InChI is InChI=1S/C18H24Cl3N3O3/c1-10(2)13(15(26)24-17(3,4)5)23-14(25)11-8-6-7-9-12(11)22-16(27)18(19,20)21/h6-10,13H,1-5H3,(H,22,27)(H,23,25)(H,24,26)/t13-/m1/s1. The predicted molar refractivity (Wildman–Crippen MR) is 109 cm³/mol. The van der Waals surface area contributed by atoms with Crippen LogP contribution in [0.25, 0.3) is 0 Å². The fourth-order valence-electron chi connectivity index (χ4n) is 2.18. The van der Waals surface area contributed by atoms with Crippen molar-refractivity contribution in [1.82, 2.24) is 10.6 Å². The van der Waals surface area contributed by atoms with E-state index in [1.165, 1.54) is 12.1 Å². The van der Waals surface area contributed by atoms with Gasteiger partial charge < -0.3 is 16.0 Å². The lowest BCUT2D eigenvalue weighted by Gasteiger charge is -2.27. The molecule has 0 fully saturated rings. The van der Waals surface area contributed by atoms with Crippen LogP contribution >= 0.6 is 34.8 Å². The Labute approximate surface area is 174 Å². The second kappa shape index (κ2) is 9.13. The normalized spacial score (nSPS) is 13.1. The van der Waals surface area contributed by atoms with Gasteiger partial charge in [0.15, 0.2) is 0 Å². The number of rotatable bonds is 5. The van der Waals surface area contributed by atoms with Gasteiger partial charge >= 0.3 is 0 Å². The maximum Gasteiger partial charge on any atom is 0.276 e. The summed E-state index contributed by atoms with van der Waals surface area (Å²) in [5, 5.41) is 7.96. The van der Waals surface area contributed by atoms with Crippen LogP contribution in [0, 0.1) is 5.92 Å². The van der Waals surface area contributed by atoms with Gasteiger partial charge in [-0.3, -0.25) is 14.4 Å². The summed E-state index contributed by atoms with van der Waals surface area (Å²) in [7, 11) is 0. The zero-order valence-corrected chi connectivity index (χ0v) is 18.1. The molecule has 0 aliphatic rings. The van der Waals surface area contributed by atoms with Crippen LogP contribution in [0.5, 0.6) is 0 Å². The Balaban J connectivity index is 3.04. The topological polar surface area (TPSA) is 87.3 Å². The molecule has 0 bridgehead atoms. The van der Waals surface area contributed by atoms with Gasteiger partial charge in [-0.1, -0.05) is 60.8 Å². The Morgan fingerprint density at radius 3 is 2.04 bits per heavy atom. The number of alkyl halides is 3. The SMILES string of the molecule is CC(C)[C@@H](NC(=O)c1ccccc1NC(=O)C(Cl)(Cl)Cl)C(=O)NC(C)(C)C. The molecular formula is C18H24Cl3N3O3. The number of hydrogen-bond acceptors (Lipinski definition) is 3. The third-order valence-electron chi connectivity index (χ3n) is 3.41. The number of carbonyl (C=O) groups is 3. The van der Waals surface area contributed by atoms with Crippen molar-refractivity contribution in [2.75, 3.05) is 5.32 Å². The Morgan fingerprint density at radius 2 is 1.56 bits per heavy atom. The molecule has 0 aliphatic heterocycles. The molecule has 1 atom stereocenters. The van der Waals surface area contributed by atoms with Crippen molar-refractivity contribution in [2.45, 2.75) is 50.0 Å². The molecule has 3 N–H and O–H groups in total. The molecule has 1 aromatic rings. The van der Waals surface area contributed by atoms with Gasteiger partial charge in [-0.2, -0.15) is 0 Å². The fraction of sp³-hybridized carbons (Fsp3) is 0.500. The molecule has 0 aliphatic carbocycles. The Morgan fingerprint density at radius 1 is 1.00 bits per heavy atom. The minimum absolute atomic E-state index is 0.148. The lowest BCUT2D eigenvalue weighted by Crippen LogP contribution is -2.54. The molecule has 0 unspecified atom stereocenters. The van der Waals surface area contributed by atoms with Crippen molar-refractivity contribution < 1.29 is 14.4 Å². The highest BCUT2D eigenvalue weighted by molar-refractivity contribution is 6.76. The van der Waals surface area contributed by atoms with Crippen LogP contribution in [0.1, 0.15) is 45.0 Å². The maximum atomic E-state index is 12.7. The molecule has 150 valence electrons. The number of nitrogens with one attached hydrogen (secondary N) is 3. The van der Waals surface area contributed by atoms with Crippen LogP contribution in [-0.4, -0.2) is 33.1 Å². The van der Waals surface area contributed by atoms with E-state index < -0.39 is 27.2 Å². The average Bonchev–Trinajstić information content (AvgIpc) is 2.49. The largest absolute Gasteiger partial charge is 0.350 e. The highest BCUT2D eigenvalue weighted by atomic mass is 35.6. The summed E-state index contributed by atoms with van der Waals surface area (Å²) in [5.41, 5.74) is -0.120. The first-order chi connectivity index (χ1) is 12.2. The van der Waals surface area contributed by atoms with Gasteiger partial charge in [0.2, 0.25) is 5.91 Å². The van der Waals surface area contributed by atoms with E-state index in [9.17, 15) is 14.4 Å². The van der Waals surface area contributed by atoms with E-state index in [2.05, 4.69) is 16.0 Å². The summed E-state index contributed by atoms with van der Waals surface area (Å²) in [6.45, 7) is 9.20. The molecule has 6 nitrogen and oxygen atoms in total. The van der Waals surface area contributed by atoms with Gasteiger partial charge in [-0.25, -0.2) is 0 Å². The van der Waals surface area contributed by atoms with E-state index in [1.807, 2.05) is 34.6 Å². The minimum Gasteiger partial charge on any atom is -0.350 e. The zero-order chi connectivity index (χ0) is 21.0. The molecule has 1 aromatic carbocycles. The van der Waals surface area contributed by atoms with Crippen molar-refractivity contribution in [3.8, 4) is 0 Å². The lowest BCUT2D eigenvalue weighted by molar-refractivity contribution is -0.125. The van der Waals surface area contributed by atoms with Crippen molar-refractivity contribution in [1.29, 1.82) is 0 Å². The monoisotopic (exact) mass is 435 g/mol. The summed E-state index contributed by atoms with van der Waals surface area (Å²) in [5.74, 6) is -1.87. The quantitative estimate of drug-likeness (QED) is 0.616. The predicted octanol–water partition coefficient (Wildman–Crippen LogP) is 3.66. The smallest absolute Gasteiger partial charge is 0.276 e. The van der Waals surface area contributed by atoms with Crippen LogP contribution in [0.2, 0.25) is 0 Å². The summed E-state index contributed by atoms with van der Waals surface area (Å²) in [6, 6.07) is 5.50. The van der Waals surface area contributed by atoms with Crippen molar-refractivity contribution in [3.63, 3.8) is 0 Å². The van der Waals surface area contributed by atoms with Gasteiger partial charge in [0.1, 0.15) is 6.04 Å². The molecule has 0 saturated heterocycles. The van der Waals surface area contributed by atoms with Gasteiger partial charge in [0.05, 0.1) is 11.3 Å². The van der Waals surface area contributed by atoms with Crippen molar-refractivity contribution in [2.24, 2.45) is 5.92 Å². The van der Waals surface area contributed by atoms with Crippen LogP contribution in [-0.2, 0) is 9.59 Å². The molecule has 0 radical (unpaired) electrons. The van der Waals surface area contributed by atoms with E-state index in [0.29, 0.717) is 0 Å². The molecular weight excluding hydrogens is 413 g/mol. The Bertz CT molecular complexity index is 710. The molecule has 0 heterocycles. The molecule has 0 saturated carbocycles. The van der Waals surface area contributed by atoms with E-state index in [0.717, 1.165) is 0 Å². The molecule has 27 heavy (non-hydrogen) atoms. The molecule has 9 heteroatoms. The Kier molecular flexibility index (Phi) is 7.96. The third-order valence-corrected chi connectivity index (χ3v) is 3.93. The van der Waals surface area contributed by atoms with Gasteiger partial charge in [0.25, 0.3) is 15.6 Å². The summed E-state index contributed by atoms with van der Waals surface area (Å²) < 4.78 is -2.17. The lowest BCUT2D eigenvalue weighted by atomic mass is 10.0. The average molecular weight is 437 g/mol. The van der Waals surface area contributed by atoms with Crippen LogP contribution in [0.3, 0.4) is 0 Å². The maximum absolute atomic E-state index is 12.7. The third kappa shape index (κ3) is 7.56.